The minimum atomic E-state index is -3.59. The highest BCUT2D eigenvalue weighted by molar-refractivity contribution is 7.89. The standard InChI is InChI=1S/C21H27N3O4S/c1-4-28-19-8-10-20(11-9-19)29(26,27)24-14-12-23(13-15-24)21(25)17-6-5-7-18(16-17)22(2)3/h5-11,16H,4,12-15H2,1-3H3. The third-order valence-electron chi connectivity index (χ3n) is 4.91. The molecule has 156 valence electrons. The van der Waals surface area contributed by atoms with E-state index in [1.165, 1.54) is 4.31 Å². The molecule has 0 spiro atoms. The number of hydrogen-bond acceptors (Lipinski definition) is 5. The van der Waals surface area contributed by atoms with Crippen molar-refractivity contribution in [3.8, 4) is 5.75 Å². The van der Waals surface area contributed by atoms with Gasteiger partial charge in [0.2, 0.25) is 10.0 Å². The lowest BCUT2D eigenvalue weighted by atomic mass is 10.1. The van der Waals surface area contributed by atoms with Gasteiger partial charge in [-0.25, -0.2) is 8.42 Å². The number of nitrogens with zero attached hydrogens (tertiary/aromatic N) is 3. The molecule has 1 heterocycles. The first-order valence-electron chi connectivity index (χ1n) is 9.62. The van der Waals surface area contributed by atoms with Crippen molar-refractivity contribution in [2.45, 2.75) is 11.8 Å². The van der Waals surface area contributed by atoms with Crippen LogP contribution in [-0.2, 0) is 10.0 Å². The van der Waals surface area contributed by atoms with E-state index in [1.807, 2.05) is 44.1 Å². The predicted octanol–water partition coefficient (Wildman–Crippen LogP) is 2.30. The molecule has 0 radical (unpaired) electrons. The minimum Gasteiger partial charge on any atom is -0.494 e. The normalized spacial score (nSPS) is 15.2. The van der Waals surface area contributed by atoms with Crippen LogP contribution in [0.2, 0.25) is 0 Å². The Hall–Kier alpha value is -2.58. The molecule has 8 heteroatoms. The van der Waals surface area contributed by atoms with Gasteiger partial charge in [0.05, 0.1) is 11.5 Å². The third-order valence-corrected chi connectivity index (χ3v) is 6.82. The summed E-state index contributed by atoms with van der Waals surface area (Å²) in [6.45, 7) is 3.67. The second-order valence-electron chi connectivity index (χ2n) is 7.05. The van der Waals surface area contributed by atoms with Crippen LogP contribution >= 0.6 is 0 Å². The fourth-order valence-corrected chi connectivity index (χ4v) is 4.68. The van der Waals surface area contributed by atoms with Gasteiger partial charge in [0.1, 0.15) is 5.75 Å². The second-order valence-corrected chi connectivity index (χ2v) is 8.98. The molecule has 29 heavy (non-hydrogen) atoms. The Morgan fingerprint density at radius 3 is 2.28 bits per heavy atom. The summed E-state index contributed by atoms with van der Waals surface area (Å²) >= 11 is 0. The number of rotatable bonds is 6. The molecule has 1 aliphatic heterocycles. The SMILES string of the molecule is CCOc1ccc(S(=O)(=O)N2CCN(C(=O)c3cccc(N(C)C)c3)CC2)cc1. The zero-order chi connectivity index (χ0) is 21.0. The molecule has 7 nitrogen and oxygen atoms in total. The number of piperazine rings is 1. The second kappa shape index (κ2) is 8.84. The van der Waals surface area contributed by atoms with E-state index in [2.05, 4.69) is 0 Å². The van der Waals surface area contributed by atoms with Crippen LogP contribution in [-0.4, -0.2) is 70.4 Å². The van der Waals surface area contributed by atoms with E-state index < -0.39 is 10.0 Å². The van der Waals surface area contributed by atoms with Crippen LogP contribution in [0.15, 0.2) is 53.4 Å². The van der Waals surface area contributed by atoms with Crippen molar-refractivity contribution < 1.29 is 17.9 Å². The summed E-state index contributed by atoms with van der Waals surface area (Å²) in [5.74, 6) is 0.564. The van der Waals surface area contributed by atoms with Gasteiger partial charge in [0.25, 0.3) is 5.91 Å². The van der Waals surface area contributed by atoms with Crippen molar-refractivity contribution in [2.24, 2.45) is 0 Å². The zero-order valence-corrected chi connectivity index (χ0v) is 17.9. The molecule has 2 aromatic carbocycles. The van der Waals surface area contributed by atoms with E-state index in [1.54, 1.807) is 35.2 Å². The maximum atomic E-state index is 12.9. The number of hydrogen-bond donors (Lipinski definition) is 0. The number of carbonyl (C=O) groups is 1. The molecule has 0 unspecified atom stereocenters. The lowest BCUT2D eigenvalue weighted by Gasteiger charge is -2.34. The summed E-state index contributed by atoms with van der Waals surface area (Å²) in [6.07, 6.45) is 0. The van der Waals surface area contributed by atoms with Crippen molar-refractivity contribution in [1.82, 2.24) is 9.21 Å². The molecule has 1 amide bonds. The van der Waals surface area contributed by atoms with Crippen molar-refractivity contribution in [3.05, 3.63) is 54.1 Å². The molecular formula is C21H27N3O4S. The highest BCUT2D eigenvalue weighted by atomic mass is 32.2. The van der Waals surface area contributed by atoms with E-state index in [9.17, 15) is 13.2 Å². The number of carbonyl (C=O) groups excluding carboxylic acids is 1. The summed E-state index contributed by atoms with van der Waals surface area (Å²) in [5.41, 5.74) is 1.56. The van der Waals surface area contributed by atoms with Crippen LogP contribution in [0.25, 0.3) is 0 Å². The third kappa shape index (κ3) is 4.71. The first-order valence-corrected chi connectivity index (χ1v) is 11.1. The Kier molecular flexibility index (Phi) is 6.44. The summed E-state index contributed by atoms with van der Waals surface area (Å²) in [4.78, 5) is 16.7. The molecule has 0 atom stereocenters. The molecular weight excluding hydrogens is 390 g/mol. The van der Waals surface area contributed by atoms with E-state index in [0.29, 0.717) is 31.0 Å². The first-order chi connectivity index (χ1) is 13.8. The zero-order valence-electron chi connectivity index (χ0n) is 17.0. The molecule has 0 bridgehead atoms. The van der Waals surface area contributed by atoms with Gasteiger partial charge in [-0.05, 0) is 49.4 Å². The Morgan fingerprint density at radius 1 is 1.03 bits per heavy atom. The van der Waals surface area contributed by atoms with E-state index in [4.69, 9.17) is 4.74 Å². The number of ether oxygens (including phenoxy) is 1. The van der Waals surface area contributed by atoms with Gasteiger partial charge < -0.3 is 14.5 Å². The largest absolute Gasteiger partial charge is 0.494 e. The molecule has 1 fully saturated rings. The average Bonchev–Trinajstić information content (AvgIpc) is 2.74. The topological polar surface area (TPSA) is 70.2 Å². The Balaban J connectivity index is 1.66. The van der Waals surface area contributed by atoms with Gasteiger partial charge in [-0.1, -0.05) is 6.07 Å². The van der Waals surface area contributed by atoms with Crippen LogP contribution in [0.1, 0.15) is 17.3 Å². The monoisotopic (exact) mass is 417 g/mol. The smallest absolute Gasteiger partial charge is 0.254 e. The van der Waals surface area contributed by atoms with Crippen molar-refractivity contribution in [1.29, 1.82) is 0 Å². The van der Waals surface area contributed by atoms with Crippen LogP contribution < -0.4 is 9.64 Å². The summed E-state index contributed by atoms with van der Waals surface area (Å²) in [5, 5.41) is 0. The molecule has 1 aliphatic rings. The number of benzene rings is 2. The van der Waals surface area contributed by atoms with Gasteiger partial charge in [-0.3, -0.25) is 4.79 Å². The van der Waals surface area contributed by atoms with Crippen LogP contribution in [0.5, 0.6) is 5.75 Å². The molecule has 1 saturated heterocycles. The Bertz CT molecular complexity index is 950. The van der Waals surface area contributed by atoms with Gasteiger partial charge in [0.15, 0.2) is 0 Å². The number of sulfonamides is 1. The lowest BCUT2D eigenvalue weighted by Crippen LogP contribution is -2.50. The van der Waals surface area contributed by atoms with Gasteiger partial charge in [-0.15, -0.1) is 0 Å². The highest BCUT2D eigenvalue weighted by Crippen LogP contribution is 2.22. The maximum absolute atomic E-state index is 12.9. The summed E-state index contributed by atoms with van der Waals surface area (Å²) < 4.78 is 32.6. The molecule has 0 aromatic heterocycles. The fraction of sp³-hybridized carbons (Fsp3) is 0.381. The van der Waals surface area contributed by atoms with Crippen LogP contribution in [0.3, 0.4) is 0 Å². The quantitative estimate of drug-likeness (QED) is 0.721. The van der Waals surface area contributed by atoms with Crippen LogP contribution in [0.4, 0.5) is 5.69 Å². The Labute approximate surface area is 172 Å². The predicted molar refractivity (Wildman–Crippen MR) is 113 cm³/mol. The summed E-state index contributed by atoms with van der Waals surface area (Å²) in [7, 11) is 0.257. The van der Waals surface area contributed by atoms with Gasteiger partial charge in [-0.2, -0.15) is 4.31 Å². The Morgan fingerprint density at radius 2 is 1.69 bits per heavy atom. The van der Waals surface area contributed by atoms with Crippen molar-refractivity contribution >= 4 is 21.6 Å². The lowest BCUT2D eigenvalue weighted by molar-refractivity contribution is 0.0698. The molecule has 0 saturated carbocycles. The maximum Gasteiger partial charge on any atom is 0.254 e. The average molecular weight is 418 g/mol. The molecule has 0 aliphatic carbocycles. The summed E-state index contributed by atoms with van der Waals surface area (Å²) in [6, 6.07) is 13.9. The van der Waals surface area contributed by atoms with E-state index in [-0.39, 0.29) is 23.9 Å². The molecule has 3 rings (SSSR count). The van der Waals surface area contributed by atoms with E-state index >= 15 is 0 Å². The molecule has 2 aromatic rings. The van der Waals surface area contributed by atoms with E-state index in [0.717, 1.165) is 5.69 Å². The van der Waals surface area contributed by atoms with Crippen molar-refractivity contribution in [2.75, 3.05) is 51.8 Å². The van der Waals surface area contributed by atoms with Crippen LogP contribution in [0, 0.1) is 0 Å². The number of anilines is 1. The van der Waals surface area contributed by atoms with Crippen molar-refractivity contribution in [3.63, 3.8) is 0 Å². The minimum absolute atomic E-state index is 0.0770. The molecule has 0 N–H and O–H groups in total. The highest BCUT2D eigenvalue weighted by Gasteiger charge is 2.30. The fourth-order valence-electron chi connectivity index (χ4n) is 3.25. The van der Waals surface area contributed by atoms with Gasteiger partial charge in [0, 0.05) is 51.5 Å². The first kappa shape index (κ1) is 21.1. The number of amides is 1. The van der Waals surface area contributed by atoms with Gasteiger partial charge >= 0.3 is 0 Å².